The predicted octanol–water partition coefficient (Wildman–Crippen LogP) is 0.599. The van der Waals surface area contributed by atoms with Gasteiger partial charge in [-0.25, -0.2) is 0 Å². The van der Waals surface area contributed by atoms with Gasteiger partial charge in [0, 0.05) is 25.8 Å². The Morgan fingerprint density at radius 1 is 1.38 bits per heavy atom. The van der Waals surface area contributed by atoms with Crippen LogP contribution in [0.5, 0.6) is 0 Å². The lowest BCUT2D eigenvalue weighted by Gasteiger charge is -2.25. The Bertz CT molecular complexity index is 482. The second kappa shape index (κ2) is 9.33. The Kier molecular flexibility index (Phi) is 8.61. The molecule has 1 atom stereocenters. The largest absolute Gasteiger partial charge is 0.383 e. The highest BCUT2D eigenvalue weighted by atomic mass is 35.5. The van der Waals surface area contributed by atoms with Crippen molar-refractivity contribution in [1.82, 2.24) is 0 Å². The molecule has 0 bridgehead atoms. The minimum atomic E-state index is -0.770. The Hall–Kier alpha value is -1.63. The molecule has 4 N–H and O–H groups in total. The minimum absolute atomic E-state index is 0. The minimum Gasteiger partial charge on any atom is -0.383 e. The quantitative estimate of drug-likeness (QED) is 0.769. The van der Waals surface area contributed by atoms with Crippen molar-refractivity contribution < 1.29 is 14.3 Å². The van der Waals surface area contributed by atoms with E-state index in [0.29, 0.717) is 5.69 Å². The molecule has 0 saturated carbocycles. The molecule has 7 heteroatoms. The van der Waals surface area contributed by atoms with E-state index in [2.05, 4.69) is 0 Å². The fourth-order valence-electron chi connectivity index (χ4n) is 1.84. The summed E-state index contributed by atoms with van der Waals surface area (Å²) in [5.41, 5.74) is 12.6. The molecule has 0 saturated heterocycles. The average molecular weight is 316 g/mol. The average Bonchev–Trinajstić information content (AvgIpc) is 2.38. The highest BCUT2D eigenvalue weighted by molar-refractivity contribution is 5.97. The van der Waals surface area contributed by atoms with Gasteiger partial charge < -0.3 is 21.1 Å². The number of amides is 2. The smallest absolute Gasteiger partial charge is 0.246 e. The van der Waals surface area contributed by atoms with Gasteiger partial charge in [-0.3, -0.25) is 9.59 Å². The van der Waals surface area contributed by atoms with Gasteiger partial charge in [-0.1, -0.05) is 12.1 Å². The molecule has 0 aliphatic rings. The van der Waals surface area contributed by atoms with E-state index >= 15 is 0 Å². The maximum atomic E-state index is 12.3. The van der Waals surface area contributed by atoms with Gasteiger partial charge in [-0.15, -0.1) is 12.4 Å². The van der Waals surface area contributed by atoms with Crippen LogP contribution < -0.4 is 16.4 Å². The van der Waals surface area contributed by atoms with Gasteiger partial charge in [0.2, 0.25) is 11.8 Å². The Morgan fingerprint density at radius 2 is 2.05 bits per heavy atom. The Balaban J connectivity index is 0.00000400. The van der Waals surface area contributed by atoms with E-state index in [9.17, 15) is 9.59 Å². The third-order valence-corrected chi connectivity index (χ3v) is 2.82. The van der Waals surface area contributed by atoms with E-state index in [-0.39, 0.29) is 37.9 Å². The van der Waals surface area contributed by atoms with Crippen LogP contribution >= 0.6 is 12.4 Å². The molecule has 1 aromatic carbocycles. The van der Waals surface area contributed by atoms with Crippen LogP contribution in [0.2, 0.25) is 0 Å². The van der Waals surface area contributed by atoms with Crippen LogP contribution in [-0.2, 0) is 14.3 Å². The zero-order chi connectivity index (χ0) is 15.1. The third-order valence-electron chi connectivity index (χ3n) is 2.82. The van der Waals surface area contributed by atoms with Crippen molar-refractivity contribution in [3.8, 4) is 0 Å². The molecule has 0 spiro atoms. The van der Waals surface area contributed by atoms with Gasteiger partial charge >= 0.3 is 0 Å². The molecular formula is C14H22ClN3O3. The molecule has 0 radical (unpaired) electrons. The second-order valence-corrected chi connectivity index (χ2v) is 4.61. The number of nitrogens with two attached hydrogens (primary N) is 2. The summed E-state index contributed by atoms with van der Waals surface area (Å²) in [6.45, 7) is 2.25. The Labute approximate surface area is 130 Å². The number of ether oxygens (including phenoxy) is 1. The van der Waals surface area contributed by atoms with E-state index in [4.69, 9.17) is 16.2 Å². The first-order valence-electron chi connectivity index (χ1n) is 6.36. The summed E-state index contributed by atoms with van der Waals surface area (Å²) in [6, 6.07) is 6.66. The molecule has 0 aliphatic heterocycles. The number of aryl methyl sites for hydroxylation is 1. The number of primary amides is 1. The van der Waals surface area contributed by atoms with Gasteiger partial charge in [-0.05, 0) is 24.6 Å². The summed E-state index contributed by atoms with van der Waals surface area (Å²) in [4.78, 5) is 24.7. The van der Waals surface area contributed by atoms with Gasteiger partial charge in [0.25, 0.3) is 0 Å². The number of rotatable bonds is 7. The number of benzene rings is 1. The molecule has 0 fully saturated rings. The van der Waals surface area contributed by atoms with Crippen LogP contribution in [0.25, 0.3) is 0 Å². The SMILES string of the molecule is COCC(N)C(=O)N(CCC(N)=O)c1cccc(C)c1.Cl. The first kappa shape index (κ1) is 19.4. The lowest BCUT2D eigenvalue weighted by Crippen LogP contribution is -2.47. The number of nitrogens with zero attached hydrogens (tertiary/aromatic N) is 1. The maximum absolute atomic E-state index is 12.3. The number of anilines is 1. The third kappa shape index (κ3) is 6.12. The van der Waals surface area contributed by atoms with Crippen LogP contribution in [0.4, 0.5) is 5.69 Å². The summed E-state index contributed by atoms with van der Waals surface area (Å²) in [6.07, 6.45) is 0.0827. The zero-order valence-corrected chi connectivity index (χ0v) is 13.1. The summed E-state index contributed by atoms with van der Waals surface area (Å²) in [5.74, 6) is -0.755. The van der Waals surface area contributed by atoms with Crippen LogP contribution in [0.3, 0.4) is 0 Å². The molecule has 0 heterocycles. The summed E-state index contributed by atoms with van der Waals surface area (Å²) in [5, 5.41) is 0. The Morgan fingerprint density at radius 3 is 2.57 bits per heavy atom. The van der Waals surface area contributed by atoms with Crippen molar-refractivity contribution in [2.75, 3.05) is 25.2 Å². The van der Waals surface area contributed by atoms with E-state index in [1.165, 1.54) is 12.0 Å². The number of hydrogen-bond acceptors (Lipinski definition) is 4. The summed E-state index contributed by atoms with van der Waals surface area (Å²) in [7, 11) is 1.48. The molecule has 2 amide bonds. The van der Waals surface area contributed by atoms with Crippen molar-refractivity contribution >= 4 is 29.9 Å². The molecule has 1 rings (SSSR count). The number of carbonyl (C=O) groups excluding carboxylic acids is 2. The number of hydrogen-bond donors (Lipinski definition) is 2. The van der Waals surface area contributed by atoms with Crippen molar-refractivity contribution in [1.29, 1.82) is 0 Å². The molecular weight excluding hydrogens is 294 g/mol. The van der Waals surface area contributed by atoms with Crippen molar-refractivity contribution in [2.45, 2.75) is 19.4 Å². The lowest BCUT2D eigenvalue weighted by atomic mass is 10.1. The summed E-state index contributed by atoms with van der Waals surface area (Å²) >= 11 is 0. The van der Waals surface area contributed by atoms with Crippen molar-refractivity contribution in [2.24, 2.45) is 11.5 Å². The molecule has 6 nitrogen and oxygen atoms in total. The van der Waals surface area contributed by atoms with Crippen LogP contribution in [0.15, 0.2) is 24.3 Å². The number of halogens is 1. The molecule has 21 heavy (non-hydrogen) atoms. The van der Waals surface area contributed by atoms with E-state index in [1.54, 1.807) is 6.07 Å². The normalized spacial score (nSPS) is 11.4. The highest BCUT2D eigenvalue weighted by Gasteiger charge is 2.22. The molecule has 1 aromatic rings. The first-order valence-corrected chi connectivity index (χ1v) is 6.36. The molecule has 1 unspecified atom stereocenters. The fraction of sp³-hybridized carbons (Fsp3) is 0.429. The van der Waals surface area contributed by atoms with E-state index in [1.807, 2.05) is 25.1 Å². The predicted molar refractivity (Wildman–Crippen MR) is 84.4 cm³/mol. The highest BCUT2D eigenvalue weighted by Crippen LogP contribution is 2.17. The molecule has 118 valence electrons. The monoisotopic (exact) mass is 315 g/mol. The van der Waals surface area contributed by atoms with Crippen LogP contribution in [0, 0.1) is 6.92 Å². The van der Waals surface area contributed by atoms with Crippen LogP contribution in [-0.4, -0.2) is 38.1 Å². The van der Waals surface area contributed by atoms with Gasteiger partial charge in [0.15, 0.2) is 0 Å². The van der Waals surface area contributed by atoms with E-state index in [0.717, 1.165) is 5.56 Å². The molecule has 0 aromatic heterocycles. The van der Waals surface area contributed by atoms with Gasteiger partial charge in [0.1, 0.15) is 6.04 Å². The number of carbonyl (C=O) groups is 2. The first-order chi connectivity index (χ1) is 9.45. The molecule has 0 aliphatic carbocycles. The van der Waals surface area contributed by atoms with Crippen molar-refractivity contribution in [3.05, 3.63) is 29.8 Å². The lowest BCUT2D eigenvalue weighted by molar-refractivity contribution is -0.121. The van der Waals surface area contributed by atoms with E-state index < -0.39 is 11.9 Å². The van der Waals surface area contributed by atoms with Gasteiger partial charge in [0.05, 0.1) is 6.61 Å². The van der Waals surface area contributed by atoms with Crippen LogP contribution in [0.1, 0.15) is 12.0 Å². The topological polar surface area (TPSA) is 98.7 Å². The fourth-order valence-corrected chi connectivity index (χ4v) is 1.84. The second-order valence-electron chi connectivity index (χ2n) is 4.61. The maximum Gasteiger partial charge on any atom is 0.246 e. The van der Waals surface area contributed by atoms with Crippen molar-refractivity contribution in [3.63, 3.8) is 0 Å². The zero-order valence-electron chi connectivity index (χ0n) is 12.2. The van der Waals surface area contributed by atoms with Gasteiger partial charge in [-0.2, -0.15) is 0 Å². The number of methoxy groups -OCH3 is 1. The standard InChI is InChI=1S/C14H21N3O3.ClH/c1-10-4-3-5-11(8-10)17(7-6-13(16)18)14(19)12(15)9-20-2;/h3-5,8,12H,6-7,9,15H2,1-2H3,(H2,16,18);1H. The summed E-state index contributed by atoms with van der Waals surface area (Å²) < 4.78 is 4.90.